The number of hydrogen-bond donors (Lipinski definition) is 1. The van der Waals surface area contributed by atoms with Gasteiger partial charge < -0.3 is 14.8 Å². The Balaban J connectivity index is 1.41. The van der Waals surface area contributed by atoms with E-state index in [1.54, 1.807) is 4.68 Å². The third-order valence-corrected chi connectivity index (χ3v) is 7.07. The molecule has 4 rings (SSSR count). The summed E-state index contributed by atoms with van der Waals surface area (Å²) in [5, 5.41) is 8.03. The first-order chi connectivity index (χ1) is 16.9. The Morgan fingerprint density at radius 2 is 2.06 bits per heavy atom. The van der Waals surface area contributed by atoms with Gasteiger partial charge in [0.25, 0.3) is 5.91 Å². The SMILES string of the molecule is CCn1cc(NC(=O)COc2cccc([C@@H]3OC[C@@H](c4ccccc4Cl)C[C@H]3C(C)C)c2)c(C)n1. The van der Waals surface area contributed by atoms with Crippen LogP contribution >= 0.6 is 11.6 Å². The van der Waals surface area contributed by atoms with E-state index >= 15 is 0 Å². The van der Waals surface area contributed by atoms with Gasteiger partial charge in [-0.25, -0.2) is 0 Å². The summed E-state index contributed by atoms with van der Waals surface area (Å²) in [6.07, 6.45) is 2.80. The average molecular weight is 496 g/mol. The van der Waals surface area contributed by atoms with Crippen molar-refractivity contribution in [3.8, 4) is 5.75 Å². The second kappa shape index (κ2) is 11.3. The quantitative estimate of drug-likeness (QED) is 0.392. The molecule has 0 spiro atoms. The van der Waals surface area contributed by atoms with Gasteiger partial charge in [0.2, 0.25) is 0 Å². The number of ether oxygens (including phenoxy) is 2. The zero-order chi connectivity index (χ0) is 24.9. The van der Waals surface area contributed by atoms with Gasteiger partial charge in [-0.2, -0.15) is 5.10 Å². The number of carbonyl (C=O) groups is 1. The molecular formula is C28H34ClN3O3. The Morgan fingerprint density at radius 1 is 1.26 bits per heavy atom. The van der Waals surface area contributed by atoms with E-state index in [2.05, 4.69) is 36.4 Å². The number of amides is 1. The van der Waals surface area contributed by atoms with E-state index in [0.29, 0.717) is 29.9 Å². The van der Waals surface area contributed by atoms with Gasteiger partial charge in [0.1, 0.15) is 5.75 Å². The normalized spacial score (nSPS) is 20.1. The van der Waals surface area contributed by atoms with Crippen LogP contribution in [-0.2, 0) is 16.1 Å². The fraction of sp³-hybridized carbons (Fsp3) is 0.429. The molecule has 0 bridgehead atoms. The van der Waals surface area contributed by atoms with E-state index in [9.17, 15) is 4.79 Å². The fourth-order valence-electron chi connectivity index (χ4n) is 4.77. The Kier molecular flexibility index (Phi) is 8.14. The van der Waals surface area contributed by atoms with Gasteiger partial charge in [0.05, 0.1) is 24.1 Å². The monoisotopic (exact) mass is 495 g/mol. The molecule has 1 amide bonds. The van der Waals surface area contributed by atoms with Crippen molar-refractivity contribution in [1.29, 1.82) is 0 Å². The molecule has 1 N–H and O–H groups in total. The lowest BCUT2D eigenvalue weighted by Gasteiger charge is -2.39. The second-order valence-corrected chi connectivity index (χ2v) is 9.92. The van der Waals surface area contributed by atoms with Gasteiger partial charge in [-0.15, -0.1) is 0 Å². The van der Waals surface area contributed by atoms with Crippen LogP contribution < -0.4 is 10.1 Å². The van der Waals surface area contributed by atoms with Crippen molar-refractivity contribution in [2.24, 2.45) is 11.8 Å². The molecule has 1 saturated heterocycles. The third-order valence-electron chi connectivity index (χ3n) is 6.72. The number of rotatable bonds is 8. The van der Waals surface area contributed by atoms with E-state index in [1.165, 1.54) is 0 Å². The smallest absolute Gasteiger partial charge is 0.262 e. The molecule has 2 aromatic carbocycles. The first-order valence-corrected chi connectivity index (χ1v) is 12.7. The lowest BCUT2D eigenvalue weighted by molar-refractivity contribution is -0.118. The molecule has 0 unspecified atom stereocenters. The zero-order valence-corrected chi connectivity index (χ0v) is 21.6. The predicted molar refractivity (Wildman–Crippen MR) is 139 cm³/mol. The highest BCUT2D eigenvalue weighted by atomic mass is 35.5. The van der Waals surface area contributed by atoms with Crippen molar-refractivity contribution in [1.82, 2.24) is 9.78 Å². The van der Waals surface area contributed by atoms with Crippen LogP contribution in [0.2, 0.25) is 5.02 Å². The molecule has 2 heterocycles. The molecule has 1 aromatic heterocycles. The lowest BCUT2D eigenvalue weighted by atomic mass is 9.76. The summed E-state index contributed by atoms with van der Waals surface area (Å²) in [5.74, 6) is 1.48. The van der Waals surface area contributed by atoms with Gasteiger partial charge in [0, 0.05) is 23.7 Å². The van der Waals surface area contributed by atoms with Crippen molar-refractivity contribution in [3.63, 3.8) is 0 Å². The number of anilines is 1. The van der Waals surface area contributed by atoms with E-state index in [0.717, 1.165) is 34.8 Å². The maximum Gasteiger partial charge on any atom is 0.262 e. The molecule has 6 nitrogen and oxygen atoms in total. The molecule has 1 fully saturated rings. The van der Waals surface area contributed by atoms with Crippen LogP contribution in [-0.4, -0.2) is 28.9 Å². The van der Waals surface area contributed by atoms with Crippen LogP contribution in [0.25, 0.3) is 0 Å². The largest absolute Gasteiger partial charge is 0.484 e. The number of halogens is 1. The Labute approximate surface area is 212 Å². The highest BCUT2D eigenvalue weighted by Gasteiger charge is 2.35. The number of nitrogens with zero attached hydrogens (tertiary/aromatic N) is 2. The minimum Gasteiger partial charge on any atom is -0.484 e. The first kappa shape index (κ1) is 25.3. The third kappa shape index (κ3) is 6.06. The summed E-state index contributed by atoms with van der Waals surface area (Å²) < 4.78 is 14.1. The molecule has 1 aliphatic heterocycles. The summed E-state index contributed by atoms with van der Waals surface area (Å²) in [4.78, 5) is 12.5. The van der Waals surface area contributed by atoms with Crippen molar-refractivity contribution >= 4 is 23.2 Å². The molecule has 0 saturated carbocycles. The maximum absolute atomic E-state index is 12.5. The number of aromatic nitrogens is 2. The highest BCUT2D eigenvalue weighted by molar-refractivity contribution is 6.31. The zero-order valence-electron chi connectivity index (χ0n) is 20.8. The van der Waals surface area contributed by atoms with Crippen LogP contribution in [0.15, 0.2) is 54.7 Å². The van der Waals surface area contributed by atoms with E-state index in [-0.39, 0.29) is 24.5 Å². The Bertz CT molecular complexity index is 1160. The molecule has 186 valence electrons. The summed E-state index contributed by atoms with van der Waals surface area (Å²) >= 11 is 6.48. The maximum atomic E-state index is 12.5. The van der Waals surface area contributed by atoms with Gasteiger partial charge in [-0.3, -0.25) is 9.48 Å². The molecule has 3 atom stereocenters. The van der Waals surface area contributed by atoms with E-state index < -0.39 is 0 Å². The number of hydrogen-bond acceptors (Lipinski definition) is 4. The van der Waals surface area contributed by atoms with Crippen LogP contribution in [0.4, 0.5) is 5.69 Å². The number of aryl methyl sites for hydroxylation is 2. The fourth-order valence-corrected chi connectivity index (χ4v) is 5.06. The summed E-state index contributed by atoms with van der Waals surface area (Å²) in [5.41, 5.74) is 3.71. The predicted octanol–water partition coefficient (Wildman–Crippen LogP) is 6.40. The van der Waals surface area contributed by atoms with Gasteiger partial charge in [0.15, 0.2) is 6.61 Å². The summed E-state index contributed by atoms with van der Waals surface area (Å²) in [6, 6.07) is 15.9. The molecule has 7 heteroatoms. The minimum absolute atomic E-state index is 0.0337. The number of carbonyl (C=O) groups excluding carboxylic acids is 1. The minimum atomic E-state index is -0.217. The Hall–Kier alpha value is -2.83. The van der Waals surface area contributed by atoms with E-state index in [1.807, 2.05) is 56.4 Å². The van der Waals surface area contributed by atoms with E-state index in [4.69, 9.17) is 21.1 Å². The topological polar surface area (TPSA) is 65.4 Å². The average Bonchev–Trinajstić information content (AvgIpc) is 3.22. The van der Waals surface area contributed by atoms with Gasteiger partial charge in [-0.1, -0.05) is 55.8 Å². The summed E-state index contributed by atoms with van der Waals surface area (Å²) in [7, 11) is 0. The molecule has 0 radical (unpaired) electrons. The number of nitrogens with one attached hydrogen (secondary N) is 1. The van der Waals surface area contributed by atoms with Crippen LogP contribution in [0.1, 0.15) is 56.0 Å². The molecule has 3 aromatic rings. The van der Waals surface area contributed by atoms with Gasteiger partial charge in [-0.05, 0) is 61.4 Å². The van der Waals surface area contributed by atoms with Crippen LogP contribution in [0, 0.1) is 18.8 Å². The Morgan fingerprint density at radius 3 is 2.77 bits per heavy atom. The van der Waals surface area contributed by atoms with Crippen molar-refractivity contribution < 1.29 is 14.3 Å². The lowest BCUT2D eigenvalue weighted by Crippen LogP contribution is -2.31. The van der Waals surface area contributed by atoms with Crippen molar-refractivity contribution in [3.05, 3.63) is 76.6 Å². The first-order valence-electron chi connectivity index (χ1n) is 12.3. The van der Waals surface area contributed by atoms with Crippen LogP contribution in [0.5, 0.6) is 5.75 Å². The summed E-state index contributed by atoms with van der Waals surface area (Å²) in [6.45, 7) is 9.65. The number of benzene rings is 2. The molecular weight excluding hydrogens is 462 g/mol. The van der Waals surface area contributed by atoms with Crippen molar-refractivity contribution in [2.75, 3.05) is 18.5 Å². The van der Waals surface area contributed by atoms with Gasteiger partial charge >= 0.3 is 0 Å². The van der Waals surface area contributed by atoms with Crippen LogP contribution in [0.3, 0.4) is 0 Å². The second-order valence-electron chi connectivity index (χ2n) is 9.51. The highest BCUT2D eigenvalue weighted by Crippen LogP contribution is 2.45. The molecule has 35 heavy (non-hydrogen) atoms. The standard InChI is InChI=1S/C28H34ClN3O3/c1-5-32-15-26(19(4)31-32)30-27(33)17-34-22-10-8-9-20(13-22)28-24(18(2)3)14-21(16-35-28)23-11-6-7-12-25(23)29/h6-13,15,18,21,24,28H,5,14,16-17H2,1-4H3,(H,30,33)/t21-,24-,28-/m0/s1. The molecule has 1 aliphatic rings. The molecule has 0 aliphatic carbocycles. The van der Waals surface area contributed by atoms with Crippen molar-refractivity contribution in [2.45, 2.75) is 52.7 Å².